The molecule has 2 aromatic rings. The normalized spacial score (nSPS) is 13.9. The third kappa shape index (κ3) is 5.09. The van der Waals surface area contributed by atoms with Crippen LogP contribution in [0.4, 0.5) is 5.69 Å². The van der Waals surface area contributed by atoms with Gasteiger partial charge in [0.2, 0.25) is 5.91 Å². The fourth-order valence-electron chi connectivity index (χ4n) is 2.52. The summed E-state index contributed by atoms with van der Waals surface area (Å²) >= 11 is 0. The van der Waals surface area contributed by atoms with Crippen LogP contribution >= 0.6 is 0 Å². The number of carbonyl (C=O) groups excluding carboxylic acids is 3. The zero-order valence-electron chi connectivity index (χ0n) is 15.8. The second-order valence-corrected chi connectivity index (χ2v) is 6.81. The number of hydrazine groups is 1. The van der Waals surface area contributed by atoms with E-state index in [2.05, 4.69) is 16.2 Å². The van der Waals surface area contributed by atoms with Crippen LogP contribution in [-0.4, -0.2) is 23.8 Å². The van der Waals surface area contributed by atoms with Gasteiger partial charge in [0.1, 0.15) is 5.75 Å². The number of carbonyl (C=O) groups is 3. The molecule has 146 valence electrons. The first-order valence-corrected chi connectivity index (χ1v) is 9.17. The summed E-state index contributed by atoms with van der Waals surface area (Å²) < 4.78 is 5.62. The molecule has 0 heterocycles. The minimum absolute atomic E-state index is 0.00658. The van der Waals surface area contributed by atoms with Crippen LogP contribution in [0, 0.1) is 12.8 Å². The van der Waals surface area contributed by atoms with Gasteiger partial charge in [-0.15, -0.1) is 0 Å². The maximum absolute atomic E-state index is 12.2. The van der Waals surface area contributed by atoms with E-state index in [1.54, 1.807) is 37.3 Å². The zero-order valence-corrected chi connectivity index (χ0v) is 15.8. The Bertz CT molecular complexity index is 875. The van der Waals surface area contributed by atoms with Crippen LogP contribution in [0.1, 0.15) is 35.7 Å². The van der Waals surface area contributed by atoms with Crippen LogP contribution in [-0.2, 0) is 9.59 Å². The molecule has 1 aliphatic rings. The summed E-state index contributed by atoms with van der Waals surface area (Å²) in [6.07, 6.45) is 1.08. The molecule has 0 aromatic heterocycles. The molecular formula is C21H23N3O4. The van der Waals surface area contributed by atoms with Crippen molar-refractivity contribution in [2.24, 2.45) is 5.92 Å². The highest BCUT2D eigenvalue weighted by atomic mass is 16.5. The van der Waals surface area contributed by atoms with Crippen molar-refractivity contribution in [2.45, 2.75) is 32.8 Å². The number of hydrogen-bond acceptors (Lipinski definition) is 4. The highest BCUT2D eigenvalue weighted by Gasteiger charge is 2.29. The summed E-state index contributed by atoms with van der Waals surface area (Å²) in [5.74, 6) is -0.198. The number of aryl methyl sites for hydroxylation is 1. The van der Waals surface area contributed by atoms with Crippen LogP contribution in [0.5, 0.6) is 5.75 Å². The number of hydrogen-bond donors (Lipinski definition) is 3. The Labute approximate surface area is 163 Å². The number of ether oxygens (including phenoxy) is 1. The molecule has 0 radical (unpaired) electrons. The van der Waals surface area contributed by atoms with Gasteiger partial charge in [-0.1, -0.05) is 18.2 Å². The summed E-state index contributed by atoms with van der Waals surface area (Å²) in [5.41, 5.74) is 6.63. The predicted molar refractivity (Wildman–Crippen MR) is 105 cm³/mol. The first-order valence-electron chi connectivity index (χ1n) is 9.17. The Hall–Kier alpha value is -3.35. The number of rotatable bonds is 6. The third-order valence-electron chi connectivity index (χ3n) is 4.43. The smallest absolute Gasteiger partial charge is 0.279 e. The lowest BCUT2D eigenvalue weighted by molar-refractivity contribution is -0.128. The second-order valence-electron chi connectivity index (χ2n) is 6.81. The van der Waals surface area contributed by atoms with Crippen molar-refractivity contribution in [2.75, 3.05) is 5.32 Å². The maximum Gasteiger partial charge on any atom is 0.279 e. The molecule has 0 spiro atoms. The molecule has 2 aromatic carbocycles. The van der Waals surface area contributed by atoms with Gasteiger partial charge in [-0.25, -0.2) is 0 Å². The van der Waals surface area contributed by atoms with Gasteiger partial charge in [0.25, 0.3) is 11.8 Å². The quantitative estimate of drug-likeness (QED) is 0.670. The second kappa shape index (κ2) is 8.56. The number of benzene rings is 2. The number of anilines is 1. The number of amides is 3. The molecule has 1 aliphatic carbocycles. The number of nitrogens with one attached hydrogen (secondary N) is 3. The Morgan fingerprint density at radius 3 is 2.32 bits per heavy atom. The van der Waals surface area contributed by atoms with Crippen LogP contribution in [0.15, 0.2) is 48.5 Å². The molecule has 0 bridgehead atoms. The molecule has 1 unspecified atom stereocenters. The Morgan fingerprint density at radius 1 is 1.00 bits per heavy atom. The lowest BCUT2D eigenvalue weighted by atomic mass is 10.2. The SMILES string of the molecule is Cc1ccccc1OC(C)C(=O)NNC(=O)c1ccc(NC(=O)C2CC2)cc1. The van der Waals surface area contributed by atoms with E-state index in [1.807, 2.05) is 25.1 Å². The predicted octanol–water partition coefficient (Wildman–Crippen LogP) is 2.57. The van der Waals surface area contributed by atoms with Gasteiger partial charge < -0.3 is 10.1 Å². The van der Waals surface area contributed by atoms with Crippen molar-refractivity contribution in [3.8, 4) is 5.75 Å². The van der Waals surface area contributed by atoms with E-state index in [1.165, 1.54) is 0 Å². The first-order chi connectivity index (χ1) is 13.4. The highest BCUT2D eigenvalue weighted by molar-refractivity contribution is 5.97. The summed E-state index contributed by atoms with van der Waals surface area (Å²) in [7, 11) is 0. The molecule has 1 atom stereocenters. The van der Waals surface area contributed by atoms with Crippen molar-refractivity contribution in [1.82, 2.24) is 10.9 Å². The molecule has 3 rings (SSSR count). The van der Waals surface area contributed by atoms with E-state index < -0.39 is 17.9 Å². The summed E-state index contributed by atoms with van der Waals surface area (Å²) in [4.78, 5) is 36.1. The molecule has 3 amide bonds. The van der Waals surface area contributed by atoms with Crippen LogP contribution < -0.4 is 20.9 Å². The van der Waals surface area contributed by atoms with E-state index in [0.29, 0.717) is 17.0 Å². The molecule has 7 heteroatoms. The molecule has 1 saturated carbocycles. The van der Waals surface area contributed by atoms with Crippen molar-refractivity contribution >= 4 is 23.4 Å². The van der Waals surface area contributed by atoms with Crippen molar-refractivity contribution < 1.29 is 19.1 Å². The molecule has 7 nitrogen and oxygen atoms in total. The highest BCUT2D eigenvalue weighted by Crippen LogP contribution is 2.30. The van der Waals surface area contributed by atoms with Crippen molar-refractivity contribution in [3.05, 3.63) is 59.7 Å². The van der Waals surface area contributed by atoms with Gasteiger partial charge in [0, 0.05) is 17.2 Å². The molecule has 0 aliphatic heterocycles. The monoisotopic (exact) mass is 381 g/mol. The lowest BCUT2D eigenvalue weighted by Crippen LogP contribution is -2.47. The molecule has 0 saturated heterocycles. The van der Waals surface area contributed by atoms with Crippen LogP contribution in [0.3, 0.4) is 0 Å². The summed E-state index contributed by atoms with van der Waals surface area (Å²) in [6.45, 7) is 3.49. The Morgan fingerprint density at radius 2 is 1.68 bits per heavy atom. The van der Waals surface area contributed by atoms with Crippen molar-refractivity contribution in [1.29, 1.82) is 0 Å². The van der Waals surface area contributed by atoms with Crippen LogP contribution in [0.2, 0.25) is 0 Å². The minimum atomic E-state index is -0.776. The van der Waals surface area contributed by atoms with Gasteiger partial charge >= 0.3 is 0 Å². The average Bonchev–Trinajstić information content (AvgIpc) is 3.53. The van der Waals surface area contributed by atoms with E-state index in [-0.39, 0.29) is 11.8 Å². The topological polar surface area (TPSA) is 96.5 Å². The van der Waals surface area contributed by atoms with Gasteiger partial charge in [0.05, 0.1) is 0 Å². The molecular weight excluding hydrogens is 358 g/mol. The molecule has 1 fully saturated rings. The lowest BCUT2D eigenvalue weighted by Gasteiger charge is -2.16. The standard InChI is InChI=1S/C21H23N3O4/c1-13-5-3-4-6-18(13)28-14(2)19(25)23-24-21(27)16-9-11-17(12-10-16)22-20(26)15-7-8-15/h3-6,9-12,14-15H,7-8H2,1-2H3,(H,22,26)(H,23,25)(H,24,27). The number of para-hydroxylation sites is 1. The van der Waals surface area contributed by atoms with E-state index in [0.717, 1.165) is 18.4 Å². The third-order valence-corrected chi connectivity index (χ3v) is 4.43. The van der Waals surface area contributed by atoms with Gasteiger partial charge in [-0.3, -0.25) is 25.2 Å². The zero-order chi connectivity index (χ0) is 20.1. The Kier molecular flexibility index (Phi) is 5.93. The molecule has 3 N–H and O–H groups in total. The first kappa shape index (κ1) is 19.4. The minimum Gasteiger partial charge on any atom is -0.481 e. The van der Waals surface area contributed by atoms with E-state index in [9.17, 15) is 14.4 Å². The molecule has 28 heavy (non-hydrogen) atoms. The largest absolute Gasteiger partial charge is 0.481 e. The average molecular weight is 381 g/mol. The van der Waals surface area contributed by atoms with Crippen molar-refractivity contribution in [3.63, 3.8) is 0 Å². The van der Waals surface area contributed by atoms with Gasteiger partial charge in [-0.2, -0.15) is 0 Å². The fraction of sp³-hybridized carbons (Fsp3) is 0.286. The van der Waals surface area contributed by atoms with E-state index in [4.69, 9.17) is 4.74 Å². The Balaban J connectivity index is 1.48. The maximum atomic E-state index is 12.2. The van der Waals surface area contributed by atoms with Gasteiger partial charge in [-0.05, 0) is 62.6 Å². The van der Waals surface area contributed by atoms with Crippen LogP contribution in [0.25, 0.3) is 0 Å². The fourth-order valence-corrected chi connectivity index (χ4v) is 2.52. The van der Waals surface area contributed by atoms with E-state index >= 15 is 0 Å². The summed E-state index contributed by atoms with van der Waals surface area (Å²) in [6, 6.07) is 13.8. The summed E-state index contributed by atoms with van der Waals surface area (Å²) in [5, 5.41) is 2.81. The van der Waals surface area contributed by atoms with Gasteiger partial charge in [0.15, 0.2) is 6.10 Å².